The number of alkyl halides is 3. The van der Waals surface area contributed by atoms with Crippen LogP contribution in [-0.2, 0) is 17.4 Å². The number of ether oxygens (including phenoxy) is 1. The number of benzene rings is 2. The first-order valence-corrected chi connectivity index (χ1v) is 12.1. The quantitative estimate of drug-likeness (QED) is 0.373. The van der Waals surface area contributed by atoms with E-state index in [1.54, 1.807) is 31.4 Å². The van der Waals surface area contributed by atoms with Gasteiger partial charge in [-0.05, 0) is 48.5 Å². The third kappa shape index (κ3) is 5.25. The molecule has 0 saturated heterocycles. The van der Waals surface area contributed by atoms with E-state index in [1.807, 2.05) is 6.92 Å². The summed E-state index contributed by atoms with van der Waals surface area (Å²) in [5, 5.41) is 3.17. The summed E-state index contributed by atoms with van der Waals surface area (Å²) in [5.74, 6) is 0.132. The lowest BCUT2D eigenvalue weighted by atomic mass is 10.2. The van der Waals surface area contributed by atoms with Crippen molar-refractivity contribution in [3.05, 3.63) is 70.1 Å². The standard InChI is InChI=1S/C23H20F3N3O3S2/c1-13-11-18-20(34-13)21(31)29(16-7-9-17(32-2)10-8-16)22(28-18)33-12-19(30)27-15-5-3-14(4-6-15)23(24,25)26/h3-10,13H,11-12H2,1-2H3,(H,27,30). The Morgan fingerprint density at radius 1 is 1.21 bits per heavy atom. The third-order valence-corrected chi connectivity index (χ3v) is 7.19. The van der Waals surface area contributed by atoms with Gasteiger partial charge in [-0.15, -0.1) is 11.8 Å². The van der Waals surface area contributed by atoms with Gasteiger partial charge >= 0.3 is 6.18 Å². The predicted molar refractivity (Wildman–Crippen MR) is 126 cm³/mol. The maximum absolute atomic E-state index is 13.3. The smallest absolute Gasteiger partial charge is 0.416 e. The summed E-state index contributed by atoms with van der Waals surface area (Å²) in [4.78, 5) is 31.0. The van der Waals surface area contributed by atoms with E-state index >= 15 is 0 Å². The van der Waals surface area contributed by atoms with E-state index < -0.39 is 17.6 Å². The first-order chi connectivity index (χ1) is 16.2. The first kappa shape index (κ1) is 24.2. The highest BCUT2D eigenvalue weighted by molar-refractivity contribution is 8.00. The zero-order valence-corrected chi connectivity index (χ0v) is 19.8. The van der Waals surface area contributed by atoms with Crippen LogP contribution >= 0.6 is 23.5 Å². The molecule has 34 heavy (non-hydrogen) atoms. The average molecular weight is 508 g/mol. The van der Waals surface area contributed by atoms with Gasteiger partial charge in [0, 0.05) is 17.4 Å². The number of anilines is 1. The molecule has 1 aromatic heterocycles. The van der Waals surface area contributed by atoms with Gasteiger partial charge in [0.25, 0.3) is 5.56 Å². The van der Waals surface area contributed by atoms with E-state index in [-0.39, 0.29) is 22.2 Å². The number of carbonyl (C=O) groups is 1. The summed E-state index contributed by atoms with van der Waals surface area (Å²) in [7, 11) is 1.55. The lowest BCUT2D eigenvalue weighted by molar-refractivity contribution is -0.137. The van der Waals surface area contributed by atoms with Crippen LogP contribution in [-0.4, -0.2) is 33.6 Å². The van der Waals surface area contributed by atoms with Gasteiger partial charge in [-0.3, -0.25) is 14.2 Å². The van der Waals surface area contributed by atoms with Crippen molar-refractivity contribution in [1.29, 1.82) is 0 Å². The Balaban J connectivity index is 1.56. The van der Waals surface area contributed by atoms with E-state index in [0.29, 0.717) is 33.6 Å². The average Bonchev–Trinajstić information content (AvgIpc) is 3.18. The molecule has 0 spiro atoms. The van der Waals surface area contributed by atoms with E-state index in [4.69, 9.17) is 4.74 Å². The fourth-order valence-corrected chi connectivity index (χ4v) is 5.35. The number of rotatable bonds is 6. The van der Waals surface area contributed by atoms with E-state index in [9.17, 15) is 22.8 Å². The fraction of sp³-hybridized carbons (Fsp3) is 0.261. The lowest BCUT2D eigenvalue weighted by Gasteiger charge is -2.14. The highest BCUT2D eigenvalue weighted by atomic mass is 32.2. The zero-order chi connectivity index (χ0) is 24.5. The van der Waals surface area contributed by atoms with Gasteiger partial charge in [0.1, 0.15) is 5.75 Å². The van der Waals surface area contributed by atoms with Crippen molar-refractivity contribution in [1.82, 2.24) is 9.55 Å². The Morgan fingerprint density at radius 3 is 2.50 bits per heavy atom. The number of hydrogen-bond donors (Lipinski definition) is 1. The summed E-state index contributed by atoms with van der Waals surface area (Å²) < 4.78 is 44.8. The molecular formula is C23H20F3N3O3S2. The van der Waals surface area contributed by atoms with Crippen molar-refractivity contribution < 1.29 is 22.7 Å². The Labute approximate surface area is 201 Å². The number of amides is 1. The second kappa shape index (κ2) is 9.75. The van der Waals surface area contributed by atoms with E-state index in [2.05, 4.69) is 10.3 Å². The van der Waals surface area contributed by atoms with Gasteiger partial charge in [0.05, 0.1) is 34.7 Å². The minimum atomic E-state index is -4.45. The third-order valence-electron chi connectivity index (χ3n) is 5.04. The van der Waals surface area contributed by atoms with Gasteiger partial charge in [0.2, 0.25) is 5.91 Å². The number of halogens is 3. The molecule has 6 nitrogen and oxygen atoms in total. The van der Waals surface area contributed by atoms with Crippen molar-refractivity contribution >= 4 is 35.1 Å². The molecule has 1 aliphatic rings. The molecule has 1 unspecified atom stereocenters. The molecule has 0 aliphatic carbocycles. The maximum Gasteiger partial charge on any atom is 0.416 e. The maximum atomic E-state index is 13.3. The van der Waals surface area contributed by atoms with Gasteiger partial charge in [-0.2, -0.15) is 13.2 Å². The molecule has 1 N–H and O–H groups in total. The summed E-state index contributed by atoms with van der Waals surface area (Å²) >= 11 is 2.57. The number of aromatic nitrogens is 2. The number of carbonyl (C=O) groups excluding carboxylic acids is 1. The van der Waals surface area contributed by atoms with Crippen LogP contribution in [0.15, 0.2) is 63.4 Å². The topological polar surface area (TPSA) is 73.2 Å². The highest BCUT2D eigenvalue weighted by Gasteiger charge is 2.30. The van der Waals surface area contributed by atoms with Crippen molar-refractivity contribution in [2.24, 2.45) is 0 Å². The van der Waals surface area contributed by atoms with Gasteiger partial charge < -0.3 is 10.1 Å². The molecule has 0 bridgehead atoms. The molecule has 2 aromatic carbocycles. The first-order valence-electron chi connectivity index (χ1n) is 10.2. The van der Waals surface area contributed by atoms with Crippen molar-refractivity contribution in [2.75, 3.05) is 18.2 Å². The minimum Gasteiger partial charge on any atom is -0.497 e. The fourth-order valence-electron chi connectivity index (χ4n) is 3.43. The van der Waals surface area contributed by atoms with Crippen molar-refractivity contribution in [3.8, 4) is 11.4 Å². The molecule has 178 valence electrons. The molecular weight excluding hydrogens is 487 g/mol. The molecule has 1 atom stereocenters. The van der Waals surface area contributed by atoms with Crippen LogP contribution in [0.3, 0.4) is 0 Å². The summed E-state index contributed by atoms with van der Waals surface area (Å²) in [6, 6.07) is 11.2. The second-order valence-electron chi connectivity index (χ2n) is 7.55. The molecule has 11 heteroatoms. The molecule has 0 saturated carbocycles. The van der Waals surface area contributed by atoms with Gasteiger partial charge in [-0.1, -0.05) is 18.7 Å². The second-order valence-corrected chi connectivity index (χ2v) is 9.94. The number of fused-ring (bicyclic) bond motifs is 1. The SMILES string of the molecule is COc1ccc(-n2c(SCC(=O)Nc3ccc(C(F)(F)F)cc3)nc3c(c2=O)SC(C)C3)cc1. The molecule has 3 aromatic rings. The van der Waals surface area contributed by atoms with Crippen molar-refractivity contribution in [2.45, 2.75) is 34.8 Å². The Bertz CT molecular complexity index is 1260. The van der Waals surface area contributed by atoms with Gasteiger partial charge in [0.15, 0.2) is 5.16 Å². The van der Waals surface area contributed by atoms with Crippen LogP contribution in [0.5, 0.6) is 5.75 Å². The molecule has 1 amide bonds. The summed E-state index contributed by atoms with van der Waals surface area (Å²) in [5.41, 5.74) is 0.552. The Hall–Kier alpha value is -2.92. The van der Waals surface area contributed by atoms with Crippen LogP contribution in [0.25, 0.3) is 5.69 Å². The predicted octanol–water partition coefficient (Wildman–Crippen LogP) is 5.03. The summed E-state index contributed by atoms with van der Waals surface area (Å²) in [6.07, 6.45) is -3.79. The Morgan fingerprint density at radius 2 is 1.88 bits per heavy atom. The molecule has 4 rings (SSSR count). The normalized spacial score (nSPS) is 15.1. The number of nitrogens with one attached hydrogen (secondary N) is 1. The molecule has 0 fully saturated rings. The zero-order valence-electron chi connectivity index (χ0n) is 18.2. The number of methoxy groups -OCH3 is 1. The van der Waals surface area contributed by atoms with Crippen LogP contribution in [0, 0.1) is 0 Å². The molecule has 1 aliphatic heterocycles. The van der Waals surface area contributed by atoms with Crippen LogP contribution in [0.2, 0.25) is 0 Å². The van der Waals surface area contributed by atoms with E-state index in [1.165, 1.54) is 28.5 Å². The minimum absolute atomic E-state index is 0.0783. The van der Waals surface area contributed by atoms with Crippen LogP contribution in [0.4, 0.5) is 18.9 Å². The van der Waals surface area contributed by atoms with E-state index in [0.717, 1.165) is 23.9 Å². The molecule has 0 radical (unpaired) electrons. The van der Waals surface area contributed by atoms with Crippen LogP contribution in [0.1, 0.15) is 18.2 Å². The van der Waals surface area contributed by atoms with Gasteiger partial charge in [-0.25, -0.2) is 4.98 Å². The number of nitrogens with zero attached hydrogens (tertiary/aromatic N) is 2. The Kier molecular flexibility index (Phi) is 6.94. The lowest BCUT2D eigenvalue weighted by Crippen LogP contribution is -2.24. The monoisotopic (exact) mass is 507 g/mol. The van der Waals surface area contributed by atoms with Crippen molar-refractivity contribution in [3.63, 3.8) is 0 Å². The summed E-state index contributed by atoms with van der Waals surface area (Å²) in [6.45, 7) is 2.02. The molecule has 2 heterocycles. The number of hydrogen-bond acceptors (Lipinski definition) is 6. The highest BCUT2D eigenvalue weighted by Crippen LogP contribution is 2.35. The number of thioether (sulfide) groups is 2. The largest absolute Gasteiger partial charge is 0.497 e. The van der Waals surface area contributed by atoms with Crippen LogP contribution < -0.4 is 15.6 Å².